The standard InChI is InChI=1S/C20H23BrO3/c1-11(22)24-18-9-12-3-4-14-13(15(12)10-17(18)21)7-8-20(2)16(14)5-6-19(20)23/h9-10,13-14,16H,3-8H2,1-2H3/t13-,14+,16-,20-/m0/s1. The smallest absolute Gasteiger partial charge is 0.308 e. The first-order valence-electron chi connectivity index (χ1n) is 8.94. The maximum absolute atomic E-state index is 12.4. The van der Waals surface area contributed by atoms with E-state index in [9.17, 15) is 9.59 Å². The van der Waals surface area contributed by atoms with Crippen molar-refractivity contribution in [2.24, 2.45) is 17.3 Å². The molecule has 4 heteroatoms. The van der Waals surface area contributed by atoms with Gasteiger partial charge in [0.2, 0.25) is 0 Å². The quantitative estimate of drug-likeness (QED) is 0.510. The summed E-state index contributed by atoms with van der Waals surface area (Å²) in [5.41, 5.74) is 2.63. The van der Waals surface area contributed by atoms with Crippen molar-refractivity contribution >= 4 is 27.7 Å². The molecule has 1 aromatic carbocycles. The summed E-state index contributed by atoms with van der Waals surface area (Å²) in [7, 11) is 0. The molecule has 0 unspecified atom stereocenters. The van der Waals surface area contributed by atoms with E-state index in [1.807, 2.05) is 6.07 Å². The van der Waals surface area contributed by atoms with Gasteiger partial charge in [-0.1, -0.05) is 6.92 Å². The second kappa shape index (κ2) is 5.69. The molecular formula is C20H23BrO3. The van der Waals surface area contributed by atoms with Crippen LogP contribution in [-0.2, 0) is 16.0 Å². The third-order valence-electron chi connectivity index (χ3n) is 6.74. The van der Waals surface area contributed by atoms with Gasteiger partial charge >= 0.3 is 5.97 Å². The van der Waals surface area contributed by atoms with Crippen molar-refractivity contribution in [2.75, 3.05) is 0 Å². The Morgan fingerprint density at radius 2 is 2.04 bits per heavy atom. The molecule has 4 atom stereocenters. The van der Waals surface area contributed by atoms with Gasteiger partial charge in [-0.15, -0.1) is 0 Å². The maximum atomic E-state index is 12.4. The number of rotatable bonds is 1. The number of esters is 1. The van der Waals surface area contributed by atoms with E-state index in [1.165, 1.54) is 18.1 Å². The highest BCUT2D eigenvalue weighted by atomic mass is 79.9. The summed E-state index contributed by atoms with van der Waals surface area (Å²) in [6, 6.07) is 4.19. The summed E-state index contributed by atoms with van der Waals surface area (Å²) >= 11 is 3.57. The van der Waals surface area contributed by atoms with Crippen LogP contribution in [0.25, 0.3) is 0 Å². The lowest BCUT2D eigenvalue weighted by Crippen LogP contribution is -2.42. The topological polar surface area (TPSA) is 43.4 Å². The molecule has 0 aromatic heterocycles. The van der Waals surface area contributed by atoms with E-state index in [2.05, 4.69) is 28.9 Å². The van der Waals surface area contributed by atoms with Crippen LogP contribution in [0.5, 0.6) is 5.75 Å². The van der Waals surface area contributed by atoms with Gasteiger partial charge in [-0.3, -0.25) is 9.59 Å². The van der Waals surface area contributed by atoms with Crippen LogP contribution in [0.2, 0.25) is 0 Å². The zero-order chi connectivity index (χ0) is 17.1. The summed E-state index contributed by atoms with van der Waals surface area (Å²) in [5.74, 6) is 2.53. The lowest BCUT2D eigenvalue weighted by atomic mass is 9.55. The van der Waals surface area contributed by atoms with Crippen LogP contribution >= 0.6 is 15.9 Å². The molecule has 0 amide bonds. The Bertz CT molecular complexity index is 726. The van der Waals surface area contributed by atoms with Crippen LogP contribution < -0.4 is 4.74 Å². The number of aryl methyl sites for hydroxylation is 1. The highest BCUT2D eigenvalue weighted by Crippen LogP contribution is 2.59. The number of benzene rings is 1. The fourth-order valence-electron chi connectivity index (χ4n) is 5.58. The first-order valence-corrected chi connectivity index (χ1v) is 9.73. The molecule has 0 radical (unpaired) electrons. The van der Waals surface area contributed by atoms with E-state index in [-0.39, 0.29) is 11.4 Å². The van der Waals surface area contributed by atoms with Crippen LogP contribution in [0.1, 0.15) is 63.0 Å². The van der Waals surface area contributed by atoms with Crippen molar-refractivity contribution in [1.82, 2.24) is 0 Å². The molecule has 1 aromatic rings. The second-order valence-electron chi connectivity index (χ2n) is 7.91. The summed E-state index contributed by atoms with van der Waals surface area (Å²) in [4.78, 5) is 23.7. The van der Waals surface area contributed by atoms with Gasteiger partial charge in [0.25, 0.3) is 0 Å². The number of ketones is 1. The van der Waals surface area contributed by atoms with Gasteiger partial charge in [-0.2, -0.15) is 0 Å². The summed E-state index contributed by atoms with van der Waals surface area (Å²) in [5, 5.41) is 0. The maximum Gasteiger partial charge on any atom is 0.308 e. The van der Waals surface area contributed by atoms with Crippen molar-refractivity contribution in [3.8, 4) is 5.75 Å². The fourth-order valence-corrected chi connectivity index (χ4v) is 6.02. The minimum atomic E-state index is -0.290. The number of ether oxygens (including phenoxy) is 1. The SMILES string of the molecule is CC(=O)Oc1cc2c(cc1Br)[C@H]1CC[C@]3(C)C(=O)CC[C@H]3[C@@H]1CC2. The lowest BCUT2D eigenvalue weighted by molar-refractivity contribution is -0.132. The molecule has 0 heterocycles. The predicted molar refractivity (Wildman–Crippen MR) is 95.1 cm³/mol. The van der Waals surface area contributed by atoms with E-state index < -0.39 is 0 Å². The normalized spacial score (nSPS) is 34.3. The van der Waals surface area contributed by atoms with E-state index in [4.69, 9.17) is 4.74 Å². The minimum absolute atomic E-state index is 0.0758. The highest BCUT2D eigenvalue weighted by molar-refractivity contribution is 9.10. The molecule has 3 nitrogen and oxygen atoms in total. The average molecular weight is 391 g/mol. The molecule has 2 fully saturated rings. The van der Waals surface area contributed by atoms with Gasteiger partial charge in [0, 0.05) is 18.8 Å². The van der Waals surface area contributed by atoms with E-state index >= 15 is 0 Å². The van der Waals surface area contributed by atoms with Gasteiger partial charge in [0.1, 0.15) is 11.5 Å². The molecule has 0 bridgehead atoms. The monoisotopic (exact) mass is 390 g/mol. The van der Waals surface area contributed by atoms with Crippen LogP contribution in [0, 0.1) is 17.3 Å². The van der Waals surface area contributed by atoms with Crippen molar-refractivity contribution in [2.45, 2.75) is 58.3 Å². The Labute approximate surface area is 151 Å². The predicted octanol–water partition coefficient (Wildman–Crippen LogP) is 4.80. The number of hydrogen-bond acceptors (Lipinski definition) is 3. The Kier molecular flexibility index (Phi) is 3.87. The Morgan fingerprint density at radius 3 is 2.79 bits per heavy atom. The molecule has 4 rings (SSSR count). The molecule has 128 valence electrons. The molecule has 0 aliphatic heterocycles. The van der Waals surface area contributed by atoms with E-state index in [0.717, 1.165) is 43.0 Å². The van der Waals surface area contributed by atoms with Crippen molar-refractivity contribution in [1.29, 1.82) is 0 Å². The molecule has 0 saturated heterocycles. The molecule has 3 aliphatic carbocycles. The number of hydrogen-bond donors (Lipinski definition) is 0. The van der Waals surface area contributed by atoms with Crippen molar-refractivity contribution < 1.29 is 14.3 Å². The summed E-state index contributed by atoms with van der Waals surface area (Å²) < 4.78 is 6.17. The van der Waals surface area contributed by atoms with Gasteiger partial charge < -0.3 is 4.74 Å². The summed E-state index contributed by atoms with van der Waals surface area (Å²) in [6.07, 6.45) is 6.10. The van der Waals surface area contributed by atoms with Crippen LogP contribution in [0.3, 0.4) is 0 Å². The Morgan fingerprint density at radius 1 is 1.25 bits per heavy atom. The van der Waals surface area contributed by atoms with Gasteiger partial charge in [0.05, 0.1) is 4.47 Å². The Balaban J connectivity index is 1.69. The van der Waals surface area contributed by atoms with Crippen molar-refractivity contribution in [3.05, 3.63) is 27.7 Å². The third kappa shape index (κ3) is 2.37. The van der Waals surface area contributed by atoms with E-state index in [0.29, 0.717) is 29.3 Å². The molecule has 0 N–H and O–H groups in total. The third-order valence-corrected chi connectivity index (χ3v) is 7.36. The minimum Gasteiger partial charge on any atom is -0.426 e. The number of Topliss-reactive ketones (excluding diaryl/α,β-unsaturated/α-hetero) is 1. The first kappa shape index (κ1) is 16.3. The van der Waals surface area contributed by atoms with Crippen LogP contribution in [0.15, 0.2) is 16.6 Å². The molecule has 2 saturated carbocycles. The number of carbonyl (C=O) groups is 2. The fraction of sp³-hybridized carbons (Fsp3) is 0.600. The zero-order valence-corrected chi connectivity index (χ0v) is 15.8. The van der Waals surface area contributed by atoms with Crippen LogP contribution in [-0.4, -0.2) is 11.8 Å². The largest absolute Gasteiger partial charge is 0.426 e. The van der Waals surface area contributed by atoms with Gasteiger partial charge in [0.15, 0.2) is 0 Å². The molecule has 0 spiro atoms. The Hall–Kier alpha value is -1.16. The number of carbonyl (C=O) groups excluding carboxylic acids is 2. The van der Waals surface area contributed by atoms with Crippen molar-refractivity contribution in [3.63, 3.8) is 0 Å². The molecule has 3 aliphatic rings. The number of fused-ring (bicyclic) bond motifs is 5. The summed E-state index contributed by atoms with van der Waals surface area (Å²) in [6.45, 7) is 3.64. The molecular weight excluding hydrogens is 368 g/mol. The van der Waals surface area contributed by atoms with Crippen LogP contribution in [0.4, 0.5) is 0 Å². The van der Waals surface area contributed by atoms with Gasteiger partial charge in [-0.25, -0.2) is 0 Å². The number of halogens is 1. The highest BCUT2D eigenvalue weighted by Gasteiger charge is 2.54. The average Bonchev–Trinajstić information content (AvgIpc) is 2.83. The van der Waals surface area contributed by atoms with Gasteiger partial charge in [-0.05, 0) is 89.0 Å². The first-order chi connectivity index (χ1) is 11.4. The zero-order valence-electron chi connectivity index (χ0n) is 14.2. The molecule has 24 heavy (non-hydrogen) atoms. The second-order valence-corrected chi connectivity index (χ2v) is 8.76. The van der Waals surface area contributed by atoms with E-state index in [1.54, 1.807) is 0 Å². The lowest BCUT2D eigenvalue weighted by Gasteiger charge is -2.48.